The van der Waals surface area contributed by atoms with E-state index >= 15 is 0 Å². The van der Waals surface area contributed by atoms with Crippen LogP contribution in [-0.2, 0) is 0 Å². The molecule has 0 atom stereocenters. The maximum Gasteiger partial charge on any atom is 0.252 e. The molecule has 1 aliphatic rings. The van der Waals surface area contributed by atoms with E-state index < -0.39 is 5.24 Å². The van der Waals surface area contributed by atoms with Crippen LogP contribution in [0.5, 0.6) is 0 Å². The molecule has 17 heavy (non-hydrogen) atoms. The van der Waals surface area contributed by atoms with Gasteiger partial charge in [0.15, 0.2) is 0 Å². The second-order valence-corrected chi connectivity index (χ2v) is 6.10. The minimum Gasteiger partial charge on any atom is -0.276 e. The summed E-state index contributed by atoms with van der Waals surface area (Å²) in [6.07, 6.45) is 0. The van der Waals surface area contributed by atoms with Crippen molar-refractivity contribution in [3.05, 3.63) is 48.0 Å². The Kier molecular flexibility index (Phi) is 2.90. The number of hydrogen-bond donors (Lipinski definition) is 0. The molecule has 1 aliphatic heterocycles. The highest BCUT2D eigenvalue weighted by Gasteiger charge is 2.17. The van der Waals surface area contributed by atoms with Gasteiger partial charge in [-0.15, -0.1) is 0 Å². The zero-order chi connectivity index (χ0) is 11.8. The van der Waals surface area contributed by atoms with E-state index in [-0.39, 0.29) is 0 Å². The van der Waals surface area contributed by atoms with Crippen LogP contribution in [0.25, 0.3) is 0 Å². The molecule has 0 spiro atoms. The van der Waals surface area contributed by atoms with Gasteiger partial charge in [0.25, 0.3) is 5.24 Å². The quantitative estimate of drug-likeness (QED) is 0.602. The molecule has 0 aliphatic carbocycles. The topological polar surface area (TPSA) is 17.1 Å². The number of carbonyl (C=O) groups excluding carboxylic acids is 1. The van der Waals surface area contributed by atoms with E-state index in [1.807, 2.05) is 24.3 Å². The molecule has 0 unspecified atom stereocenters. The Morgan fingerprint density at radius 3 is 2.12 bits per heavy atom. The first-order valence-electron chi connectivity index (χ1n) is 5.02. The van der Waals surface area contributed by atoms with Gasteiger partial charge in [-0.25, -0.2) is 0 Å². The van der Waals surface area contributed by atoms with Crippen LogP contribution in [0.3, 0.4) is 0 Å². The molecule has 1 nitrogen and oxygen atoms in total. The third-order valence-electron chi connectivity index (χ3n) is 2.46. The monoisotopic (exact) mass is 278 g/mol. The molecule has 0 N–H and O–H groups in total. The van der Waals surface area contributed by atoms with Gasteiger partial charge in [0.2, 0.25) is 0 Å². The molecular weight excluding hydrogens is 272 g/mol. The zero-order valence-electron chi connectivity index (χ0n) is 8.64. The molecule has 4 heteroatoms. The minimum absolute atomic E-state index is 0.405. The van der Waals surface area contributed by atoms with Gasteiger partial charge in [-0.3, -0.25) is 4.79 Å². The van der Waals surface area contributed by atoms with Crippen LogP contribution in [0.4, 0.5) is 0 Å². The van der Waals surface area contributed by atoms with Crippen molar-refractivity contribution in [2.24, 2.45) is 0 Å². The van der Waals surface area contributed by atoms with Crippen molar-refractivity contribution in [1.82, 2.24) is 0 Å². The van der Waals surface area contributed by atoms with E-state index in [9.17, 15) is 4.79 Å². The first-order chi connectivity index (χ1) is 8.24. The van der Waals surface area contributed by atoms with Crippen molar-refractivity contribution in [2.45, 2.75) is 19.6 Å². The van der Waals surface area contributed by atoms with Crippen LogP contribution in [0.2, 0.25) is 0 Å². The standard InChI is InChI=1S/C13H7ClOS2/c14-13(15)8-5-6-11-12(7-8)17-10-4-2-1-3-9(10)16-11/h1-7H. The Morgan fingerprint density at radius 1 is 0.882 bits per heavy atom. The van der Waals surface area contributed by atoms with Gasteiger partial charge in [0.05, 0.1) is 0 Å². The molecule has 0 radical (unpaired) electrons. The molecule has 2 aromatic rings. The normalized spacial score (nSPS) is 12.8. The number of halogens is 1. The predicted molar refractivity (Wildman–Crippen MR) is 71.3 cm³/mol. The maximum atomic E-state index is 11.1. The Balaban J connectivity index is 2.06. The zero-order valence-corrected chi connectivity index (χ0v) is 11.0. The van der Waals surface area contributed by atoms with E-state index in [0.717, 1.165) is 4.90 Å². The van der Waals surface area contributed by atoms with Crippen LogP contribution < -0.4 is 0 Å². The van der Waals surface area contributed by atoms with Crippen molar-refractivity contribution in [1.29, 1.82) is 0 Å². The van der Waals surface area contributed by atoms with Gasteiger partial charge in [-0.2, -0.15) is 0 Å². The molecule has 2 aromatic carbocycles. The van der Waals surface area contributed by atoms with E-state index in [2.05, 4.69) is 12.1 Å². The summed E-state index contributed by atoms with van der Waals surface area (Å²) in [6, 6.07) is 13.8. The fraction of sp³-hybridized carbons (Fsp3) is 0. The van der Waals surface area contributed by atoms with Crippen LogP contribution in [0.15, 0.2) is 62.0 Å². The molecule has 3 rings (SSSR count). The van der Waals surface area contributed by atoms with Crippen molar-refractivity contribution >= 4 is 40.4 Å². The lowest BCUT2D eigenvalue weighted by molar-refractivity contribution is 0.108. The third-order valence-corrected chi connectivity index (χ3v) is 5.22. The van der Waals surface area contributed by atoms with Crippen LogP contribution in [-0.4, -0.2) is 5.24 Å². The van der Waals surface area contributed by atoms with Crippen molar-refractivity contribution in [3.8, 4) is 0 Å². The highest BCUT2D eigenvalue weighted by molar-refractivity contribution is 8.05. The van der Waals surface area contributed by atoms with Crippen molar-refractivity contribution in [3.63, 3.8) is 0 Å². The number of benzene rings is 2. The van der Waals surface area contributed by atoms with E-state index in [1.54, 1.807) is 29.6 Å². The lowest BCUT2D eigenvalue weighted by Crippen LogP contribution is -1.93. The van der Waals surface area contributed by atoms with Gasteiger partial charge >= 0.3 is 0 Å². The molecule has 0 saturated heterocycles. The molecule has 84 valence electrons. The molecule has 0 bridgehead atoms. The van der Waals surface area contributed by atoms with E-state index in [4.69, 9.17) is 11.6 Å². The molecule has 0 aromatic heterocycles. The van der Waals surface area contributed by atoms with Gasteiger partial charge in [-0.05, 0) is 41.9 Å². The molecule has 0 amide bonds. The lowest BCUT2D eigenvalue weighted by atomic mass is 10.2. The van der Waals surface area contributed by atoms with Crippen LogP contribution >= 0.6 is 35.1 Å². The predicted octanol–water partition coefficient (Wildman–Crippen LogP) is 4.68. The van der Waals surface area contributed by atoms with Crippen LogP contribution in [0, 0.1) is 0 Å². The Bertz CT molecular complexity index is 610. The summed E-state index contributed by atoms with van der Waals surface area (Å²) in [5.74, 6) is 0. The summed E-state index contributed by atoms with van der Waals surface area (Å²) < 4.78 is 0. The summed E-state index contributed by atoms with van der Waals surface area (Å²) in [5.41, 5.74) is 0.554. The average molecular weight is 279 g/mol. The molecule has 1 heterocycles. The van der Waals surface area contributed by atoms with Gasteiger partial charge in [0, 0.05) is 25.1 Å². The van der Waals surface area contributed by atoms with Crippen molar-refractivity contribution in [2.75, 3.05) is 0 Å². The van der Waals surface area contributed by atoms with Crippen LogP contribution in [0.1, 0.15) is 10.4 Å². The summed E-state index contributed by atoms with van der Waals surface area (Å²) in [6.45, 7) is 0. The largest absolute Gasteiger partial charge is 0.276 e. The fourth-order valence-corrected chi connectivity index (χ4v) is 4.02. The number of fused-ring (bicyclic) bond motifs is 2. The second-order valence-electron chi connectivity index (χ2n) is 3.59. The number of rotatable bonds is 1. The van der Waals surface area contributed by atoms with E-state index in [1.165, 1.54) is 14.7 Å². The highest BCUT2D eigenvalue weighted by Crippen LogP contribution is 2.48. The fourth-order valence-electron chi connectivity index (χ4n) is 1.65. The average Bonchev–Trinajstić information content (AvgIpc) is 2.35. The molecule has 0 saturated carbocycles. The maximum absolute atomic E-state index is 11.1. The Labute approximate surface area is 113 Å². The highest BCUT2D eigenvalue weighted by atomic mass is 35.5. The minimum atomic E-state index is -0.405. The van der Waals surface area contributed by atoms with E-state index in [0.29, 0.717) is 5.56 Å². The molecule has 0 fully saturated rings. The number of carbonyl (C=O) groups is 1. The second kappa shape index (κ2) is 4.41. The lowest BCUT2D eigenvalue weighted by Gasteiger charge is -2.18. The van der Waals surface area contributed by atoms with Gasteiger partial charge < -0.3 is 0 Å². The molecular formula is C13H7ClOS2. The Hall–Kier alpha value is -0.900. The van der Waals surface area contributed by atoms with Crippen molar-refractivity contribution < 1.29 is 4.79 Å². The first kappa shape index (κ1) is 11.2. The number of hydrogen-bond acceptors (Lipinski definition) is 3. The first-order valence-corrected chi connectivity index (χ1v) is 7.04. The summed E-state index contributed by atoms with van der Waals surface area (Å²) in [5, 5.41) is -0.405. The Morgan fingerprint density at radius 2 is 1.47 bits per heavy atom. The summed E-state index contributed by atoms with van der Waals surface area (Å²) in [7, 11) is 0. The van der Waals surface area contributed by atoms with Gasteiger partial charge in [-0.1, -0.05) is 35.7 Å². The third kappa shape index (κ3) is 2.10. The summed E-state index contributed by atoms with van der Waals surface area (Å²) in [4.78, 5) is 15.9. The smallest absolute Gasteiger partial charge is 0.252 e. The van der Waals surface area contributed by atoms with Gasteiger partial charge in [0.1, 0.15) is 0 Å². The summed E-state index contributed by atoms with van der Waals surface area (Å²) >= 11 is 8.90. The SMILES string of the molecule is O=C(Cl)c1ccc2c(c1)Sc1ccccc1S2.